The van der Waals surface area contributed by atoms with Gasteiger partial charge in [0.25, 0.3) is 5.91 Å². The minimum atomic E-state index is -0.783. The van der Waals surface area contributed by atoms with Gasteiger partial charge in [-0.25, -0.2) is 0 Å². The van der Waals surface area contributed by atoms with Crippen LogP contribution in [0.3, 0.4) is 0 Å². The monoisotopic (exact) mass is 348 g/mol. The summed E-state index contributed by atoms with van der Waals surface area (Å²) in [5, 5.41) is 2.95. The number of anilines is 1. The summed E-state index contributed by atoms with van der Waals surface area (Å²) >= 11 is 0. The molecule has 25 heavy (non-hydrogen) atoms. The summed E-state index contributed by atoms with van der Waals surface area (Å²) in [4.78, 5) is 15.0. The molecule has 0 unspecified atom stereocenters. The Bertz CT molecular complexity index is 518. The number of rotatable bonds is 10. The molecule has 5 nitrogen and oxygen atoms in total. The number of amides is 1. The molecule has 0 aromatic heterocycles. The van der Waals surface area contributed by atoms with Crippen LogP contribution >= 0.6 is 0 Å². The maximum absolute atomic E-state index is 12.5. The Morgan fingerprint density at radius 3 is 2.48 bits per heavy atom. The Labute approximate surface area is 151 Å². The van der Waals surface area contributed by atoms with Crippen molar-refractivity contribution in [2.45, 2.75) is 52.1 Å². The van der Waals surface area contributed by atoms with Gasteiger partial charge < -0.3 is 14.8 Å². The van der Waals surface area contributed by atoms with Crippen LogP contribution < -0.4 is 10.1 Å². The van der Waals surface area contributed by atoms with E-state index in [1.807, 2.05) is 38.1 Å². The van der Waals surface area contributed by atoms with Crippen LogP contribution in [0.15, 0.2) is 24.3 Å². The van der Waals surface area contributed by atoms with Crippen LogP contribution in [0.1, 0.15) is 46.5 Å². The van der Waals surface area contributed by atoms with E-state index in [4.69, 9.17) is 9.47 Å². The van der Waals surface area contributed by atoms with E-state index >= 15 is 0 Å². The zero-order valence-electron chi connectivity index (χ0n) is 15.8. The first-order chi connectivity index (χ1) is 12.1. The van der Waals surface area contributed by atoms with Crippen molar-refractivity contribution in [2.24, 2.45) is 0 Å². The second kappa shape index (κ2) is 9.78. The normalized spacial score (nSPS) is 17.2. The van der Waals surface area contributed by atoms with Crippen LogP contribution in [0.2, 0.25) is 0 Å². The van der Waals surface area contributed by atoms with Gasteiger partial charge in [-0.15, -0.1) is 0 Å². The van der Waals surface area contributed by atoms with Gasteiger partial charge in [0, 0.05) is 18.8 Å². The molecule has 1 saturated heterocycles. The van der Waals surface area contributed by atoms with Gasteiger partial charge in [0.2, 0.25) is 0 Å². The fourth-order valence-corrected chi connectivity index (χ4v) is 3.24. The highest BCUT2D eigenvalue weighted by Crippen LogP contribution is 2.22. The average molecular weight is 348 g/mol. The van der Waals surface area contributed by atoms with Crippen molar-refractivity contribution < 1.29 is 14.3 Å². The molecular formula is C20H32N2O3. The maximum Gasteiger partial charge on any atom is 0.256 e. The van der Waals surface area contributed by atoms with Crippen molar-refractivity contribution in [3.8, 4) is 5.75 Å². The van der Waals surface area contributed by atoms with E-state index in [2.05, 4.69) is 17.1 Å². The highest BCUT2D eigenvalue weighted by Gasteiger charge is 2.32. The molecule has 1 amide bonds. The van der Waals surface area contributed by atoms with Crippen molar-refractivity contribution in [2.75, 3.05) is 38.2 Å². The first-order valence-corrected chi connectivity index (χ1v) is 9.48. The summed E-state index contributed by atoms with van der Waals surface area (Å²) < 4.78 is 11.5. The van der Waals surface area contributed by atoms with Crippen LogP contribution in [0.4, 0.5) is 5.69 Å². The van der Waals surface area contributed by atoms with Crippen LogP contribution in [-0.4, -0.2) is 49.3 Å². The molecule has 1 aromatic rings. The van der Waals surface area contributed by atoms with E-state index in [1.54, 1.807) is 0 Å². The predicted molar refractivity (Wildman–Crippen MR) is 101 cm³/mol. The Morgan fingerprint density at radius 2 is 1.88 bits per heavy atom. The number of hydrogen-bond donors (Lipinski definition) is 1. The van der Waals surface area contributed by atoms with Crippen molar-refractivity contribution >= 4 is 11.6 Å². The molecule has 0 saturated carbocycles. The van der Waals surface area contributed by atoms with E-state index in [0.29, 0.717) is 19.6 Å². The standard InChI is InChI=1S/C20H32N2O3/c1-4-12-20(3,25-5-2)19(23)21-17-8-10-18(11-9-17)24-16-15-22-13-6-7-14-22/h8-11H,4-7,12-16H2,1-3H3,(H,21,23)/t20-/m1/s1. The van der Waals surface area contributed by atoms with Crippen molar-refractivity contribution in [3.63, 3.8) is 0 Å². The number of nitrogens with zero attached hydrogens (tertiary/aromatic N) is 1. The van der Waals surface area contributed by atoms with E-state index in [9.17, 15) is 4.79 Å². The average Bonchev–Trinajstić information content (AvgIpc) is 3.10. The molecule has 0 radical (unpaired) electrons. The Kier molecular flexibility index (Phi) is 7.72. The fraction of sp³-hybridized carbons (Fsp3) is 0.650. The second-order valence-corrected chi connectivity index (χ2v) is 6.79. The third-order valence-corrected chi connectivity index (χ3v) is 4.66. The molecule has 0 bridgehead atoms. The van der Waals surface area contributed by atoms with Crippen LogP contribution in [-0.2, 0) is 9.53 Å². The molecule has 1 aliphatic rings. The first-order valence-electron chi connectivity index (χ1n) is 9.48. The summed E-state index contributed by atoms with van der Waals surface area (Å²) in [6.07, 6.45) is 4.19. The molecule has 1 aromatic carbocycles. The Morgan fingerprint density at radius 1 is 1.20 bits per heavy atom. The van der Waals surface area contributed by atoms with E-state index < -0.39 is 5.60 Å². The SMILES string of the molecule is CCC[C@@](C)(OCC)C(=O)Nc1ccc(OCCN2CCCC2)cc1. The topological polar surface area (TPSA) is 50.8 Å². The molecule has 1 atom stereocenters. The fourth-order valence-electron chi connectivity index (χ4n) is 3.24. The third kappa shape index (κ3) is 6.01. The molecule has 1 aliphatic heterocycles. The minimum Gasteiger partial charge on any atom is -0.492 e. The summed E-state index contributed by atoms with van der Waals surface area (Å²) in [6, 6.07) is 7.55. The Hall–Kier alpha value is -1.59. The molecule has 140 valence electrons. The van der Waals surface area contributed by atoms with Gasteiger partial charge in [0.1, 0.15) is 18.0 Å². The van der Waals surface area contributed by atoms with Gasteiger partial charge in [-0.2, -0.15) is 0 Å². The van der Waals surface area contributed by atoms with E-state index in [-0.39, 0.29) is 5.91 Å². The molecular weight excluding hydrogens is 316 g/mol. The number of ether oxygens (including phenoxy) is 2. The van der Waals surface area contributed by atoms with Crippen LogP contribution in [0.5, 0.6) is 5.75 Å². The molecule has 1 fully saturated rings. The van der Waals surface area contributed by atoms with Crippen molar-refractivity contribution in [3.05, 3.63) is 24.3 Å². The highest BCUT2D eigenvalue weighted by molar-refractivity contribution is 5.97. The van der Waals surface area contributed by atoms with Gasteiger partial charge in [0.05, 0.1) is 0 Å². The second-order valence-electron chi connectivity index (χ2n) is 6.79. The predicted octanol–water partition coefficient (Wildman–Crippen LogP) is 3.70. The first kappa shape index (κ1) is 19.7. The van der Waals surface area contributed by atoms with Crippen molar-refractivity contribution in [1.29, 1.82) is 0 Å². The largest absolute Gasteiger partial charge is 0.492 e. The third-order valence-electron chi connectivity index (χ3n) is 4.66. The number of carbonyl (C=O) groups excluding carboxylic acids is 1. The molecule has 0 spiro atoms. The number of carbonyl (C=O) groups is 1. The lowest BCUT2D eigenvalue weighted by Gasteiger charge is -2.27. The summed E-state index contributed by atoms with van der Waals surface area (Å²) in [5.74, 6) is 0.734. The zero-order chi connectivity index (χ0) is 18.1. The van der Waals surface area contributed by atoms with E-state index in [0.717, 1.165) is 24.4 Å². The van der Waals surface area contributed by atoms with Gasteiger partial charge in [-0.3, -0.25) is 9.69 Å². The zero-order valence-corrected chi connectivity index (χ0v) is 15.8. The summed E-state index contributed by atoms with van der Waals surface area (Å²) in [6.45, 7) is 10.4. The lowest BCUT2D eigenvalue weighted by molar-refractivity contribution is -0.139. The number of nitrogens with one attached hydrogen (secondary N) is 1. The lowest BCUT2D eigenvalue weighted by Crippen LogP contribution is -2.42. The quantitative estimate of drug-likeness (QED) is 0.700. The lowest BCUT2D eigenvalue weighted by atomic mass is 9.99. The van der Waals surface area contributed by atoms with Crippen molar-refractivity contribution in [1.82, 2.24) is 4.90 Å². The summed E-state index contributed by atoms with van der Waals surface area (Å²) in [7, 11) is 0. The molecule has 0 aliphatic carbocycles. The van der Waals surface area contributed by atoms with E-state index in [1.165, 1.54) is 25.9 Å². The molecule has 5 heteroatoms. The number of hydrogen-bond acceptors (Lipinski definition) is 4. The number of benzene rings is 1. The van der Waals surface area contributed by atoms with Gasteiger partial charge >= 0.3 is 0 Å². The van der Waals surface area contributed by atoms with Gasteiger partial charge in [-0.1, -0.05) is 13.3 Å². The smallest absolute Gasteiger partial charge is 0.256 e. The minimum absolute atomic E-state index is 0.0982. The summed E-state index contributed by atoms with van der Waals surface area (Å²) in [5.41, 5.74) is -0.0204. The highest BCUT2D eigenvalue weighted by atomic mass is 16.5. The number of likely N-dealkylation sites (tertiary alicyclic amines) is 1. The van der Waals surface area contributed by atoms with Gasteiger partial charge in [-0.05, 0) is 70.5 Å². The van der Waals surface area contributed by atoms with Crippen LogP contribution in [0.25, 0.3) is 0 Å². The molecule has 1 heterocycles. The maximum atomic E-state index is 12.5. The molecule has 1 N–H and O–H groups in total. The Balaban J connectivity index is 1.83. The molecule has 2 rings (SSSR count). The van der Waals surface area contributed by atoms with Crippen LogP contribution in [0, 0.1) is 0 Å². The van der Waals surface area contributed by atoms with Gasteiger partial charge in [0.15, 0.2) is 0 Å².